The largest absolute Gasteiger partial charge is 0.466 e. The molecule has 1 N–H and O–H groups in total. The maximum atomic E-state index is 11.8. The van der Waals surface area contributed by atoms with Gasteiger partial charge in [0.15, 0.2) is 0 Å². The van der Waals surface area contributed by atoms with Crippen molar-refractivity contribution in [3.05, 3.63) is 35.9 Å². The molecule has 0 aliphatic carbocycles. The van der Waals surface area contributed by atoms with Gasteiger partial charge in [-0.3, -0.25) is 4.79 Å². The standard InChI is InChI=1S/C16H24O4/c1-3-15(17)14(16(18)20-4-2)10-11-19-12-13-8-6-5-7-9-13/h5-9,14-15,17H,3-4,10-12H2,1-2H3. The smallest absolute Gasteiger partial charge is 0.311 e. The van der Waals surface area contributed by atoms with Crippen LogP contribution in [0.5, 0.6) is 0 Å². The van der Waals surface area contributed by atoms with Gasteiger partial charge in [-0.05, 0) is 25.3 Å². The molecule has 0 spiro atoms. The number of hydrogen-bond acceptors (Lipinski definition) is 4. The Morgan fingerprint density at radius 2 is 1.95 bits per heavy atom. The maximum Gasteiger partial charge on any atom is 0.311 e. The molecule has 0 saturated heterocycles. The van der Waals surface area contributed by atoms with Crippen molar-refractivity contribution in [3.63, 3.8) is 0 Å². The van der Waals surface area contributed by atoms with E-state index < -0.39 is 12.0 Å². The average Bonchev–Trinajstić information content (AvgIpc) is 2.47. The molecule has 0 bridgehead atoms. The van der Waals surface area contributed by atoms with Crippen LogP contribution in [0.25, 0.3) is 0 Å². The molecule has 1 aromatic carbocycles. The molecule has 4 heteroatoms. The Hall–Kier alpha value is -1.39. The fourth-order valence-corrected chi connectivity index (χ4v) is 1.98. The summed E-state index contributed by atoms with van der Waals surface area (Å²) in [5, 5.41) is 9.87. The first kappa shape index (κ1) is 16.7. The second-order valence-corrected chi connectivity index (χ2v) is 4.66. The molecule has 0 amide bonds. The molecular formula is C16H24O4. The number of carbonyl (C=O) groups excluding carboxylic acids is 1. The number of aliphatic hydroxyl groups excluding tert-OH is 1. The van der Waals surface area contributed by atoms with E-state index in [0.29, 0.717) is 32.7 Å². The van der Waals surface area contributed by atoms with E-state index in [1.807, 2.05) is 37.3 Å². The number of aliphatic hydroxyl groups is 1. The molecule has 2 atom stereocenters. The van der Waals surface area contributed by atoms with Crippen LogP contribution >= 0.6 is 0 Å². The minimum atomic E-state index is -0.672. The normalized spacial score (nSPS) is 13.8. The molecule has 4 nitrogen and oxygen atoms in total. The second-order valence-electron chi connectivity index (χ2n) is 4.66. The molecule has 0 aliphatic heterocycles. The number of rotatable bonds is 9. The fourth-order valence-electron chi connectivity index (χ4n) is 1.98. The van der Waals surface area contributed by atoms with E-state index in [-0.39, 0.29) is 5.97 Å². The average molecular weight is 280 g/mol. The summed E-state index contributed by atoms with van der Waals surface area (Å²) in [7, 11) is 0. The molecular weight excluding hydrogens is 256 g/mol. The minimum Gasteiger partial charge on any atom is -0.466 e. The predicted octanol–water partition coefficient (Wildman–Crippen LogP) is 2.54. The number of ether oxygens (including phenoxy) is 2. The van der Waals surface area contributed by atoms with Gasteiger partial charge in [-0.15, -0.1) is 0 Å². The van der Waals surface area contributed by atoms with Gasteiger partial charge in [0.05, 0.1) is 25.2 Å². The Morgan fingerprint density at radius 3 is 2.55 bits per heavy atom. The fraction of sp³-hybridized carbons (Fsp3) is 0.562. The molecule has 0 heterocycles. The van der Waals surface area contributed by atoms with Gasteiger partial charge in [0, 0.05) is 6.61 Å². The maximum absolute atomic E-state index is 11.8. The Kier molecular flexibility index (Phi) is 7.92. The monoisotopic (exact) mass is 280 g/mol. The first-order valence-electron chi connectivity index (χ1n) is 7.15. The van der Waals surface area contributed by atoms with Crippen LogP contribution < -0.4 is 0 Å². The van der Waals surface area contributed by atoms with Crippen LogP contribution in [-0.4, -0.2) is 30.4 Å². The van der Waals surface area contributed by atoms with Crippen molar-refractivity contribution >= 4 is 5.97 Å². The van der Waals surface area contributed by atoms with Crippen LogP contribution in [0.4, 0.5) is 0 Å². The molecule has 20 heavy (non-hydrogen) atoms. The summed E-state index contributed by atoms with van der Waals surface area (Å²) in [6.07, 6.45) is 0.331. The lowest BCUT2D eigenvalue weighted by atomic mass is 9.97. The molecule has 0 fully saturated rings. The lowest BCUT2D eigenvalue weighted by molar-refractivity contribution is -0.153. The van der Waals surface area contributed by atoms with Gasteiger partial charge < -0.3 is 14.6 Å². The van der Waals surface area contributed by atoms with Gasteiger partial charge >= 0.3 is 5.97 Å². The van der Waals surface area contributed by atoms with E-state index in [4.69, 9.17) is 9.47 Å². The highest BCUT2D eigenvalue weighted by Crippen LogP contribution is 2.15. The van der Waals surface area contributed by atoms with E-state index in [1.54, 1.807) is 6.92 Å². The highest BCUT2D eigenvalue weighted by molar-refractivity contribution is 5.73. The van der Waals surface area contributed by atoms with Gasteiger partial charge in [0.2, 0.25) is 0 Å². The van der Waals surface area contributed by atoms with Gasteiger partial charge in [0.1, 0.15) is 0 Å². The first-order valence-corrected chi connectivity index (χ1v) is 7.15. The quantitative estimate of drug-likeness (QED) is 0.558. The van der Waals surface area contributed by atoms with Crippen LogP contribution in [0, 0.1) is 5.92 Å². The lowest BCUT2D eigenvalue weighted by Gasteiger charge is -2.20. The van der Waals surface area contributed by atoms with Crippen molar-refractivity contribution in [2.45, 2.75) is 39.4 Å². The highest BCUT2D eigenvalue weighted by atomic mass is 16.5. The van der Waals surface area contributed by atoms with Crippen molar-refractivity contribution < 1.29 is 19.4 Å². The van der Waals surface area contributed by atoms with Gasteiger partial charge in [-0.2, -0.15) is 0 Å². The molecule has 112 valence electrons. The topological polar surface area (TPSA) is 55.8 Å². The van der Waals surface area contributed by atoms with E-state index in [9.17, 15) is 9.90 Å². The second kappa shape index (κ2) is 9.50. The number of hydrogen-bond donors (Lipinski definition) is 1. The number of carbonyl (C=O) groups is 1. The predicted molar refractivity (Wildman–Crippen MR) is 77.1 cm³/mol. The molecule has 0 saturated carbocycles. The van der Waals surface area contributed by atoms with Crippen LogP contribution in [-0.2, 0) is 20.9 Å². The summed E-state index contributed by atoms with van der Waals surface area (Å²) in [6, 6.07) is 9.85. The van der Waals surface area contributed by atoms with E-state index >= 15 is 0 Å². The Bertz CT molecular complexity index is 377. The Morgan fingerprint density at radius 1 is 1.25 bits per heavy atom. The summed E-state index contributed by atoms with van der Waals surface area (Å²) < 4.78 is 10.5. The first-order chi connectivity index (χ1) is 9.69. The third-order valence-electron chi connectivity index (χ3n) is 3.16. The molecule has 1 aromatic rings. The zero-order valence-corrected chi connectivity index (χ0v) is 12.2. The van der Waals surface area contributed by atoms with Crippen molar-refractivity contribution in [2.24, 2.45) is 5.92 Å². The van der Waals surface area contributed by atoms with E-state index in [0.717, 1.165) is 5.56 Å². The third-order valence-corrected chi connectivity index (χ3v) is 3.16. The number of esters is 1. The van der Waals surface area contributed by atoms with Crippen LogP contribution in [0.3, 0.4) is 0 Å². The Labute approximate surface area is 120 Å². The zero-order chi connectivity index (χ0) is 14.8. The molecule has 1 rings (SSSR count). The third kappa shape index (κ3) is 5.72. The van der Waals surface area contributed by atoms with Crippen molar-refractivity contribution in [1.82, 2.24) is 0 Å². The van der Waals surface area contributed by atoms with Crippen molar-refractivity contribution in [1.29, 1.82) is 0 Å². The van der Waals surface area contributed by atoms with E-state index in [1.165, 1.54) is 0 Å². The summed E-state index contributed by atoms with van der Waals surface area (Å²) in [6.45, 7) is 4.88. The summed E-state index contributed by atoms with van der Waals surface area (Å²) in [5.74, 6) is -0.846. The van der Waals surface area contributed by atoms with Gasteiger partial charge in [-0.1, -0.05) is 37.3 Å². The van der Waals surface area contributed by atoms with Crippen LogP contribution in [0.15, 0.2) is 30.3 Å². The molecule has 0 aliphatic rings. The molecule has 0 aromatic heterocycles. The highest BCUT2D eigenvalue weighted by Gasteiger charge is 2.26. The minimum absolute atomic E-state index is 0.330. The molecule has 0 radical (unpaired) electrons. The van der Waals surface area contributed by atoms with Crippen LogP contribution in [0.1, 0.15) is 32.3 Å². The summed E-state index contributed by atoms with van der Waals surface area (Å²) in [4.78, 5) is 11.8. The molecule has 2 unspecified atom stereocenters. The van der Waals surface area contributed by atoms with Crippen LogP contribution in [0.2, 0.25) is 0 Å². The summed E-state index contributed by atoms with van der Waals surface area (Å²) >= 11 is 0. The number of benzene rings is 1. The lowest BCUT2D eigenvalue weighted by Crippen LogP contribution is -2.30. The van der Waals surface area contributed by atoms with Gasteiger partial charge in [0.25, 0.3) is 0 Å². The SMILES string of the molecule is CCOC(=O)C(CCOCc1ccccc1)C(O)CC. The van der Waals surface area contributed by atoms with Crippen molar-refractivity contribution in [3.8, 4) is 0 Å². The zero-order valence-electron chi connectivity index (χ0n) is 12.2. The van der Waals surface area contributed by atoms with Gasteiger partial charge in [-0.25, -0.2) is 0 Å². The van der Waals surface area contributed by atoms with E-state index in [2.05, 4.69) is 0 Å². The van der Waals surface area contributed by atoms with Crippen molar-refractivity contribution in [2.75, 3.05) is 13.2 Å². The summed E-state index contributed by atoms with van der Waals surface area (Å²) in [5.41, 5.74) is 1.09. The Balaban J connectivity index is 2.36.